The quantitative estimate of drug-likeness (QED) is 0.554. The first-order valence-electron chi connectivity index (χ1n) is 8.94. The summed E-state index contributed by atoms with van der Waals surface area (Å²) in [6, 6.07) is 14.4. The molecule has 1 N–H and O–H groups in total. The molecule has 1 amide bonds. The van der Waals surface area contributed by atoms with E-state index in [4.69, 9.17) is 4.42 Å². The number of oxazole rings is 1. The van der Waals surface area contributed by atoms with Crippen molar-refractivity contribution in [1.29, 1.82) is 0 Å². The molecule has 6 heteroatoms. The number of carbonyl (C=O) groups excluding carboxylic acids is 1. The van der Waals surface area contributed by atoms with Crippen LogP contribution in [0.3, 0.4) is 0 Å². The summed E-state index contributed by atoms with van der Waals surface area (Å²) in [4.78, 5) is 27.4. The second kappa shape index (κ2) is 6.89. The fourth-order valence-electron chi connectivity index (χ4n) is 3.27. The summed E-state index contributed by atoms with van der Waals surface area (Å²) < 4.78 is 7.35. The van der Waals surface area contributed by atoms with E-state index in [1.165, 1.54) is 4.40 Å². The van der Waals surface area contributed by atoms with Gasteiger partial charge in [0.05, 0.1) is 5.52 Å². The maximum Gasteiger partial charge on any atom is 0.265 e. The van der Waals surface area contributed by atoms with Crippen molar-refractivity contribution in [2.24, 2.45) is 0 Å². The first-order valence-corrected chi connectivity index (χ1v) is 8.94. The van der Waals surface area contributed by atoms with Gasteiger partial charge in [-0.2, -0.15) is 0 Å². The van der Waals surface area contributed by atoms with Crippen molar-refractivity contribution in [3.05, 3.63) is 64.4 Å². The minimum Gasteiger partial charge on any atom is -0.438 e. The topological polar surface area (TPSA) is 67.0 Å². The minimum absolute atomic E-state index is 0.148. The molecule has 0 bridgehead atoms. The lowest BCUT2D eigenvalue weighted by atomic mass is 10.1. The number of fused-ring (bicyclic) bond motifs is 4. The van der Waals surface area contributed by atoms with Crippen LogP contribution in [0.15, 0.2) is 57.7 Å². The molecule has 0 aliphatic heterocycles. The number of pyridine rings is 1. The molecule has 0 aliphatic carbocycles. The van der Waals surface area contributed by atoms with Gasteiger partial charge in [-0.15, -0.1) is 0 Å². The molecule has 0 spiro atoms. The van der Waals surface area contributed by atoms with Crippen molar-refractivity contribution in [3.63, 3.8) is 0 Å². The predicted octanol–water partition coefficient (Wildman–Crippen LogP) is 2.88. The molecule has 2 heterocycles. The van der Waals surface area contributed by atoms with Crippen LogP contribution in [0.4, 0.5) is 0 Å². The Morgan fingerprint density at radius 1 is 1.15 bits per heavy atom. The standard InChI is InChI=1S/C21H21N3O3/c1-23(2)11-5-10-22-20(25)15-8-9-18-17(12-15)24-19(27-18)13-14-6-3-4-7-16(14)21(24)26/h3-4,6-9,12-13H,5,10-11H2,1-2H3,(H,22,25). The van der Waals surface area contributed by atoms with Gasteiger partial charge in [0.25, 0.3) is 11.5 Å². The first kappa shape index (κ1) is 17.3. The monoisotopic (exact) mass is 363 g/mol. The summed E-state index contributed by atoms with van der Waals surface area (Å²) in [5.74, 6) is -0.154. The largest absolute Gasteiger partial charge is 0.438 e. The molecule has 0 unspecified atom stereocenters. The van der Waals surface area contributed by atoms with Gasteiger partial charge in [-0.3, -0.25) is 9.59 Å². The Morgan fingerprint density at radius 3 is 2.78 bits per heavy atom. The zero-order valence-corrected chi connectivity index (χ0v) is 15.4. The van der Waals surface area contributed by atoms with Gasteiger partial charge in [0.1, 0.15) is 0 Å². The highest BCUT2D eigenvalue weighted by molar-refractivity contribution is 5.98. The Hall–Kier alpha value is -3.12. The van der Waals surface area contributed by atoms with Crippen molar-refractivity contribution in [2.75, 3.05) is 27.2 Å². The number of nitrogens with zero attached hydrogens (tertiary/aromatic N) is 2. The average Bonchev–Trinajstić information content (AvgIpc) is 3.02. The average molecular weight is 363 g/mol. The number of hydrogen-bond donors (Lipinski definition) is 1. The Labute approximate surface area is 156 Å². The lowest BCUT2D eigenvalue weighted by Gasteiger charge is -2.09. The summed E-state index contributed by atoms with van der Waals surface area (Å²) in [6.45, 7) is 1.51. The predicted molar refractivity (Wildman–Crippen MR) is 106 cm³/mol. The summed E-state index contributed by atoms with van der Waals surface area (Å²) in [6.07, 6.45) is 0.876. The molecule has 2 aromatic carbocycles. The van der Waals surface area contributed by atoms with Crippen LogP contribution in [0.25, 0.3) is 27.6 Å². The van der Waals surface area contributed by atoms with E-state index >= 15 is 0 Å². The molecule has 2 aromatic heterocycles. The Balaban J connectivity index is 1.73. The second-order valence-corrected chi connectivity index (χ2v) is 6.91. The summed E-state index contributed by atoms with van der Waals surface area (Å²) in [7, 11) is 4.00. The minimum atomic E-state index is -0.154. The molecule has 0 saturated carbocycles. The van der Waals surface area contributed by atoms with Gasteiger partial charge in [-0.25, -0.2) is 4.40 Å². The fourth-order valence-corrected chi connectivity index (χ4v) is 3.27. The van der Waals surface area contributed by atoms with E-state index in [1.807, 2.05) is 38.4 Å². The Morgan fingerprint density at radius 2 is 1.96 bits per heavy atom. The second-order valence-electron chi connectivity index (χ2n) is 6.91. The van der Waals surface area contributed by atoms with Crippen LogP contribution in [-0.2, 0) is 0 Å². The molecule has 0 fully saturated rings. The van der Waals surface area contributed by atoms with Gasteiger partial charge < -0.3 is 14.6 Å². The van der Waals surface area contributed by atoms with Crippen LogP contribution in [0.2, 0.25) is 0 Å². The van der Waals surface area contributed by atoms with Gasteiger partial charge in [-0.05, 0) is 56.7 Å². The van der Waals surface area contributed by atoms with E-state index in [0.29, 0.717) is 34.3 Å². The van der Waals surface area contributed by atoms with Crippen molar-refractivity contribution >= 4 is 33.5 Å². The van der Waals surface area contributed by atoms with Crippen LogP contribution < -0.4 is 10.9 Å². The van der Waals surface area contributed by atoms with Crippen molar-refractivity contribution in [1.82, 2.24) is 14.6 Å². The molecule has 0 saturated heterocycles. The molecule has 0 aliphatic rings. The van der Waals surface area contributed by atoms with Gasteiger partial charge in [-0.1, -0.05) is 18.2 Å². The molecule has 0 radical (unpaired) electrons. The Bertz CT molecular complexity index is 1200. The third-order valence-corrected chi connectivity index (χ3v) is 4.64. The van der Waals surface area contributed by atoms with Gasteiger partial charge in [0.2, 0.25) is 5.71 Å². The number of carbonyl (C=O) groups is 1. The lowest BCUT2D eigenvalue weighted by molar-refractivity contribution is 0.0952. The van der Waals surface area contributed by atoms with Gasteiger partial charge in [0.15, 0.2) is 5.58 Å². The summed E-state index contributed by atoms with van der Waals surface area (Å²) in [5.41, 5.74) is 2.01. The van der Waals surface area contributed by atoms with Crippen molar-refractivity contribution in [3.8, 4) is 0 Å². The van der Waals surface area contributed by atoms with Crippen molar-refractivity contribution in [2.45, 2.75) is 6.42 Å². The van der Waals surface area contributed by atoms with Crippen LogP contribution in [0.5, 0.6) is 0 Å². The molecule has 27 heavy (non-hydrogen) atoms. The fraction of sp³-hybridized carbons (Fsp3) is 0.238. The van der Waals surface area contributed by atoms with Crippen LogP contribution in [0.1, 0.15) is 16.8 Å². The van der Waals surface area contributed by atoms with Crippen molar-refractivity contribution < 1.29 is 9.21 Å². The third kappa shape index (κ3) is 3.19. The molecule has 6 nitrogen and oxygen atoms in total. The molecule has 4 aromatic rings. The van der Waals surface area contributed by atoms with Gasteiger partial charge in [0, 0.05) is 23.6 Å². The van der Waals surface area contributed by atoms with E-state index in [9.17, 15) is 9.59 Å². The first-order chi connectivity index (χ1) is 13.0. The normalized spacial score (nSPS) is 11.7. The Kier molecular flexibility index (Phi) is 4.41. The maximum absolute atomic E-state index is 12.9. The number of amides is 1. The number of rotatable bonds is 5. The number of benzene rings is 2. The molecule has 0 atom stereocenters. The summed E-state index contributed by atoms with van der Waals surface area (Å²) >= 11 is 0. The maximum atomic E-state index is 12.9. The van der Waals surface area contributed by atoms with E-state index in [0.717, 1.165) is 18.4 Å². The van der Waals surface area contributed by atoms with E-state index in [2.05, 4.69) is 10.2 Å². The number of hydrogen-bond acceptors (Lipinski definition) is 4. The lowest BCUT2D eigenvalue weighted by Crippen LogP contribution is -2.27. The van der Waals surface area contributed by atoms with E-state index in [1.54, 1.807) is 24.3 Å². The smallest absolute Gasteiger partial charge is 0.265 e. The molecule has 4 rings (SSSR count). The van der Waals surface area contributed by atoms with Crippen LogP contribution in [-0.4, -0.2) is 42.4 Å². The van der Waals surface area contributed by atoms with Crippen LogP contribution in [0, 0.1) is 0 Å². The van der Waals surface area contributed by atoms with E-state index in [-0.39, 0.29) is 11.5 Å². The molecular weight excluding hydrogens is 342 g/mol. The highest BCUT2D eigenvalue weighted by Gasteiger charge is 2.14. The zero-order chi connectivity index (χ0) is 19.0. The highest BCUT2D eigenvalue weighted by Crippen LogP contribution is 2.23. The molecule has 138 valence electrons. The summed E-state index contributed by atoms with van der Waals surface area (Å²) in [5, 5.41) is 4.38. The highest BCUT2D eigenvalue weighted by atomic mass is 16.3. The van der Waals surface area contributed by atoms with Gasteiger partial charge >= 0.3 is 0 Å². The number of nitrogens with one attached hydrogen (secondary N) is 1. The zero-order valence-electron chi connectivity index (χ0n) is 15.4. The third-order valence-electron chi connectivity index (χ3n) is 4.64. The van der Waals surface area contributed by atoms with Crippen LogP contribution >= 0.6 is 0 Å². The van der Waals surface area contributed by atoms with E-state index < -0.39 is 0 Å². The SMILES string of the molecule is CN(C)CCCNC(=O)c1ccc2oc3cc4ccccc4c(=O)n3c2c1. The number of aromatic nitrogens is 1. The molecular formula is C21H21N3O3.